The van der Waals surface area contributed by atoms with Crippen LogP contribution in [0.25, 0.3) is 56.2 Å². The van der Waals surface area contributed by atoms with Crippen molar-refractivity contribution in [3.63, 3.8) is 0 Å². The molecule has 230 valence electrons. The average molecular weight is 626 g/mol. The van der Waals surface area contributed by atoms with Crippen LogP contribution >= 0.6 is 0 Å². The van der Waals surface area contributed by atoms with Crippen molar-refractivity contribution < 1.29 is 0 Å². The van der Waals surface area contributed by atoms with Crippen molar-refractivity contribution >= 4 is 0 Å². The van der Waals surface area contributed by atoms with E-state index in [2.05, 4.69) is 157 Å². The van der Waals surface area contributed by atoms with Gasteiger partial charge in [-0.2, -0.15) is 0 Å². The molecular formula is C46H31N3. The molecule has 2 aromatic heterocycles. The van der Waals surface area contributed by atoms with Gasteiger partial charge in [0.15, 0.2) is 5.82 Å². The molecule has 0 bridgehead atoms. The first kappa shape index (κ1) is 28.7. The third kappa shape index (κ3) is 4.87. The highest BCUT2D eigenvalue weighted by Gasteiger charge is 2.46. The Hall–Kier alpha value is -6.45. The molecule has 0 saturated heterocycles. The van der Waals surface area contributed by atoms with Crippen LogP contribution in [0.15, 0.2) is 188 Å². The highest BCUT2D eigenvalue weighted by molar-refractivity contribution is 5.88. The second kappa shape index (κ2) is 12.0. The summed E-state index contributed by atoms with van der Waals surface area (Å²) in [5, 5.41) is 0. The van der Waals surface area contributed by atoms with Crippen molar-refractivity contribution in [3.8, 4) is 56.2 Å². The highest BCUT2D eigenvalue weighted by atomic mass is 14.9. The van der Waals surface area contributed by atoms with Gasteiger partial charge >= 0.3 is 0 Å². The summed E-state index contributed by atoms with van der Waals surface area (Å²) in [6, 6.07) is 62.5. The van der Waals surface area contributed by atoms with Crippen molar-refractivity contribution in [2.75, 3.05) is 0 Å². The van der Waals surface area contributed by atoms with Crippen LogP contribution in [-0.2, 0) is 5.41 Å². The van der Waals surface area contributed by atoms with E-state index in [9.17, 15) is 0 Å². The van der Waals surface area contributed by atoms with E-state index in [0.29, 0.717) is 5.82 Å². The minimum Gasteiger partial charge on any atom is -0.264 e. The van der Waals surface area contributed by atoms with Gasteiger partial charge in [0, 0.05) is 29.1 Å². The third-order valence-corrected chi connectivity index (χ3v) is 9.69. The fourth-order valence-corrected chi connectivity index (χ4v) is 7.43. The molecule has 2 heterocycles. The number of rotatable bonds is 6. The van der Waals surface area contributed by atoms with E-state index >= 15 is 0 Å². The van der Waals surface area contributed by atoms with E-state index < -0.39 is 5.41 Å². The molecular weight excluding hydrogens is 595 g/mol. The summed E-state index contributed by atoms with van der Waals surface area (Å²) in [6.07, 6.45) is 3.69. The topological polar surface area (TPSA) is 38.7 Å². The van der Waals surface area contributed by atoms with Crippen LogP contribution in [0.1, 0.15) is 22.3 Å². The van der Waals surface area contributed by atoms with Crippen LogP contribution in [0.2, 0.25) is 0 Å². The van der Waals surface area contributed by atoms with Gasteiger partial charge in [-0.25, -0.2) is 9.97 Å². The average Bonchev–Trinajstić information content (AvgIpc) is 3.49. The SMILES string of the molecule is c1ccc(-c2nc(-c3ccc(-c4cccnc4)cc3)cc(-c3ccc4c(c3)C(c3ccccc3)(c3ccccc3)c3ccccc3-4)n2)cc1. The van der Waals surface area contributed by atoms with Gasteiger partial charge in [-0.1, -0.05) is 158 Å². The first-order chi connectivity index (χ1) is 24.3. The molecule has 6 aromatic carbocycles. The van der Waals surface area contributed by atoms with Crippen molar-refractivity contribution in [2.45, 2.75) is 5.41 Å². The van der Waals surface area contributed by atoms with Crippen LogP contribution in [-0.4, -0.2) is 15.0 Å². The molecule has 49 heavy (non-hydrogen) atoms. The zero-order valence-corrected chi connectivity index (χ0v) is 26.7. The van der Waals surface area contributed by atoms with E-state index in [-0.39, 0.29) is 0 Å². The monoisotopic (exact) mass is 625 g/mol. The molecule has 0 spiro atoms. The van der Waals surface area contributed by atoms with E-state index in [1.54, 1.807) is 6.20 Å². The maximum absolute atomic E-state index is 5.21. The summed E-state index contributed by atoms with van der Waals surface area (Å²) < 4.78 is 0. The molecule has 3 nitrogen and oxygen atoms in total. The van der Waals surface area contributed by atoms with Crippen molar-refractivity contribution in [2.24, 2.45) is 0 Å². The second-order valence-corrected chi connectivity index (χ2v) is 12.4. The Balaban J connectivity index is 1.25. The molecule has 8 aromatic rings. The van der Waals surface area contributed by atoms with Crippen LogP contribution in [0.3, 0.4) is 0 Å². The second-order valence-electron chi connectivity index (χ2n) is 12.4. The van der Waals surface area contributed by atoms with E-state index in [1.807, 2.05) is 30.5 Å². The molecule has 3 heteroatoms. The van der Waals surface area contributed by atoms with Gasteiger partial charge in [-0.05, 0) is 62.7 Å². The van der Waals surface area contributed by atoms with Crippen LogP contribution in [0.4, 0.5) is 0 Å². The quantitative estimate of drug-likeness (QED) is 0.185. The third-order valence-electron chi connectivity index (χ3n) is 9.69. The Bertz CT molecular complexity index is 2370. The molecule has 0 saturated carbocycles. The predicted octanol–water partition coefficient (Wildman–Crippen LogP) is 10.9. The maximum Gasteiger partial charge on any atom is 0.160 e. The Kier molecular flexibility index (Phi) is 7.02. The summed E-state index contributed by atoms with van der Waals surface area (Å²) in [5.41, 5.74) is 14.1. The smallest absolute Gasteiger partial charge is 0.160 e. The lowest BCUT2D eigenvalue weighted by Gasteiger charge is -2.34. The van der Waals surface area contributed by atoms with Crippen LogP contribution in [0, 0.1) is 0 Å². The standard InChI is InChI=1S/C46H31N3/c1-4-13-34(14-5-1)45-48-43(33-24-22-32(23-25-33)36-15-12-28-47-31-36)30-44(49-45)35-26-27-40-39-20-10-11-21-41(39)46(42(40)29-35,37-16-6-2-7-17-37)38-18-8-3-9-19-38/h1-31H. The van der Waals surface area contributed by atoms with Gasteiger partial charge < -0.3 is 0 Å². The van der Waals surface area contributed by atoms with E-state index in [0.717, 1.165) is 39.2 Å². The van der Waals surface area contributed by atoms with Gasteiger partial charge in [0.05, 0.1) is 16.8 Å². The summed E-state index contributed by atoms with van der Waals surface area (Å²) in [5.74, 6) is 0.700. The Morgan fingerprint density at radius 1 is 0.367 bits per heavy atom. The summed E-state index contributed by atoms with van der Waals surface area (Å²) in [7, 11) is 0. The molecule has 0 atom stereocenters. The van der Waals surface area contributed by atoms with Crippen molar-refractivity contribution in [1.82, 2.24) is 15.0 Å². The Morgan fingerprint density at radius 2 is 0.918 bits per heavy atom. The molecule has 9 rings (SSSR count). The van der Waals surface area contributed by atoms with Gasteiger partial charge in [0.1, 0.15) is 0 Å². The zero-order valence-electron chi connectivity index (χ0n) is 26.7. The summed E-state index contributed by atoms with van der Waals surface area (Å²) in [4.78, 5) is 14.6. The Labute approximate surface area is 286 Å². The minimum absolute atomic E-state index is 0.481. The summed E-state index contributed by atoms with van der Waals surface area (Å²) >= 11 is 0. The van der Waals surface area contributed by atoms with Gasteiger partial charge in [0.2, 0.25) is 0 Å². The highest BCUT2D eigenvalue weighted by Crippen LogP contribution is 2.56. The normalized spacial score (nSPS) is 12.7. The zero-order chi connectivity index (χ0) is 32.6. The lowest BCUT2D eigenvalue weighted by atomic mass is 9.67. The Morgan fingerprint density at radius 3 is 1.59 bits per heavy atom. The first-order valence-corrected chi connectivity index (χ1v) is 16.6. The summed E-state index contributed by atoms with van der Waals surface area (Å²) in [6.45, 7) is 0. The number of hydrogen-bond acceptors (Lipinski definition) is 3. The number of nitrogens with zero attached hydrogens (tertiary/aromatic N) is 3. The molecule has 0 fully saturated rings. The van der Waals surface area contributed by atoms with Crippen LogP contribution in [0.5, 0.6) is 0 Å². The molecule has 1 aliphatic carbocycles. The van der Waals surface area contributed by atoms with Gasteiger partial charge in [0.25, 0.3) is 0 Å². The van der Waals surface area contributed by atoms with Crippen LogP contribution < -0.4 is 0 Å². The lowest BCUT2D eigenvalue weighted by Crippen LogP contribution is -2.28. The fourth-order valence-electron chi connectivity index (χ4n) is 7.43. The van der Waals surface area contributed by atoms with Gasteiger partial charge in [-0.3, -0.25) is 4.98 Å². The molecule has 1 aliphatic rings. The van der Waals surface area contributed by atoms with E-state index in [1.165, 1.54) is 33.4 Å². The number of fused-ring (bicyclic) bond motifs is 3. The predicted molar refractivity (Wildman–Crippen MR) is 199 cm³/mol. The van der Waals surface area contributed by atoms with Gasteiger partial charge in [-0.15, -0.1) is 0 Å². The number of benzene rings is 6. The molecule has 0 aliphatic heterocycles. The number of aromatic nitrogens is 3. The largest absolute Gasteiger partial charge is 0.264 e. The van der Waals surface area contributed by atoms with Crippen molar-refractivity contribution in [3.05, 3.63) is 211 Å². The van der Waals surface area contributed by atoms with E-state index in [4.69, 9.17) is 9.97 Å². The molecule has 0 N–H and O–H groups in total. The molecule has 0 unspecified atom stereocenters. The van der Waals surface area contributed by atoms with Crippen molar-refractivity contribution in [1.29, 1.82) is 0 Å². The maximum atomic E-state index is 5.21. The first-order valence-electron chi connectivity index (χ1n) is 16.6. The molecule has 0 amide bonds. The number of hydrogen-bond donors (Lipinski definition) is 0. The lowest BCUT2D eigenvalue weighted by molar-refractivity contribution is 0.768. The fraction of sp³-hybridized carbons (Fsp3) is 0.0217. The minimum atomic E-state index is -0.481. The molecule has 0 radical (unpaired) electrons. The number of pyridine rings is 1.